The standard InChI is InChI=1S/C22H31NS2/c1-5-6-17-24-21-14-12-20(13-15-21)22(2,25-18-16-23(3)4)19-10-8-7-9-11-19/h7-15H,5-6,16-18H2,1-4H3. The Labute approximate surface area is 162 Å². The number of hydrogen-bond acceptors (Lipinski definition) is 3. The number of unbranched alkanes of at least 4 members (excludes halogenated alkanes) is 1. The zero-order chi connectivity index (χ0) is 18.1. The van der Waals surface area contributed by atoms with E-state index in [1.807, 2.05) is 23.5 Å². The highest BCUT2D eigenvalue weighted by molar-refractivity contribution is 8.00. The summed E-state index contributed by atoms with van der Waals surface area (Å²) >= 11 is 4.01. The SMILES string of the molecule is CCCCSc1ccc(C(C)(SCCN(C)C)c2ccccc2)cc1. The zero-order valence-corrected chi connectivity index (χ0v) is 17.6. The molecule has 0 fully saturated rings. The van der Waals surface area contributed by atoms with Crippen molar-refractivity contribution >= 4 is 23.5 Å². The molecule has 0 aliphatic carbocycles. The molecule has 3 heteroatoms. The van der Waals surface area contributed by atoms with Gasteiger partial charge in [0.15, 0.2) is 0 Å². The van der Waals surface area contributed by atoms with Gasteiger partial charge >= 0.3 is 0 Å². The Morgan fingerprint density at radius 2 is 1.52 bits per heavy atom. The largest absolute Gasteiger partial charge is 0.309 e. The van der Waals surface area contributed by atoms with Crippen molar-refractivity contribution < 1.29 is 0 Å². The van der Waals surface area contributed by atoms with Crippen LogP contribution in [0.5, 0.6) is 0 Å². The third-order valence-electron chi connectivity index (χ3n) is 4.43. The van der Waals surface area contributed by atoms with Crippen LogP contribution in [0.2, 0.25) is 0 Å². The Kier molecular flexibility index (Phi) is 8.41. The molecule has 0 radical (unpaired) electrons. The summed E-state index contributed by atoms with van der Waals surface area (Å²) in [6.45, 7) is 5.71. The molecule has 2 rings (SSSR count). The van der Waals surface area contributed by atoms with Gasteiger partial charge in [0.05, 0.1) is 4.75 Å². The van der Waals surface area contributed by atoms with Gasteiger partial charge in [-0.1, -0.05) is 55.8 Å². The van der Waals surface area contributed by atoms with Gasteiger partial charge in [-0.25, -0.2) is 0 Å². The zero-order valence-electron chi connectivity index (χ0n) is 16.0. The number of benzene rings is 2. The topological polar surface area (TPSA) is 3.24 Å². The van der Waals surface area contributed by atoms with E-state index in [2.05, 4.69) is 87.4 Å². The molecule has 2 aromatic carbocycles. The van der Waals surface area contributed by atoms with Gasteiger partial charge in [-0.15, -0.1) is 23.5 Å². The molecule has 0 N–H and O–H groups in total. The summed E-state index contributed by atoms with van der Waals surface area (Å²) in [5.41, 5.74) is 2.77. The van der Waals surface area contributed by atoms with Gasteiger partial charge in [-0.2, -0.15) is 0 Å². The maximum Gasteiger partial charge on any atom is 0.0629 e. The summed E-state index contributed by atoms with van der Waals surface area (Å²) in [4.78, 5) is 3.64. The van der Waals surface area contributed by atoms with Crippen LogP contribution < -0.4 is 0 Å². The van der Waals surface area contributed by atoms with Crippen LogP contribution in [0.3, 0.4) is 0 Å². The molecule has 1 atom stereocenters. The van der Waals surface area contributed by atoms with Crippen molar-refractivity contribution in [3.8, 4) is 0 Å². The van der Waals surface area contributed by atoms with E-state index in [4.69, 9.17) is 0 Å². The minimum absolute atomic E-state index is 0.0100. The molecule has 136 valence electrons. The Morgan fingerprint density at radius 3 is 2.12 bits per heavy atom. The molecule has 25 heavy (non-hydrogen) atoms. The second-order valence-corrected chi connectivity index (χ2v) is 9.46. The fourth-order valence-electron chi connectivity index (χ4n) is 2.73. The Hall–Kier alpha value is -0.900. The number of nitrogens with zero attached hydrogens (tertiary/aromatic N) is 1. The lowest BCUT2D eigenvalue weighted by molar-refractivity contribution is 0.437. The molecule has 0 spiro atoms. The quantitative estimate of drug-likeness (QED) is 0.364. The third-order valence-corrected chi connectivity index (χ3v) is 6.96. The van der Waals surface area contributed by atoms with E-state index in [0.717, 1.165) is 12.3 Å². The van der Waals surface area contributed by atoms with E-state index in [1.165, 1.54) is 34.6 Å². The van der Waals surface area contributed by atoms with Crippen molar-refractivity contribution in [1.29, 1.82) is 0 Å². The Balaban J connectivity index is 2.19. The van der Waals surface area contributed by atoms with Crippen LogP contribution in [0.1, 0.15) is 37.8 Å². The number of rotatable bonds is 10. The van der Waals surface area contributed by atoms with Crippen molar-refractivity contribution in [1.82, 2.24) is 4.90 Å². The lowest BCUT2D eigenvalue weighted by atomic mass is 9.92. The minimum atomic E-state index is -0.0100. The van der Waals surface area contributed by atoms with Crippen LogP contribution >= 0.6 is 23.5 Å². The van der Waals surface area contributed by atoms with Crippen molar-refractivity contribution in [3.63, 3.8) is 0 Å². The summed E-state index contributed by atoms with van der Waals surface area (Å²) in [5, 5.41) is 0. The maximum absolute atomic E-state index is 2.36. The molecule has 0 aliphatic heterocycles. The fourth-order valence-corrected chi connectivity index (χ4v) is 5.19. The van der Waals surface area contributed by atoms with Crippen molar-refractivity contribution in [3.05, 3.63) is 65.7 Å². The molecule has 0 amide bonds. The highest BCUT2D eigenvalue weighted by Crippen LogP contribution is 2.42. The van der Waals surface area contributed by atoms with E-state index in [0.29, 0.717) is 0 Å². The Morgan fingerprint density at radius 1 is 0.880 bits per heavy atom. The second kappa shape index (κ2) is 10.3. The predicted molar refractivity (Wildman–Crippen MR) is 116 cm³/mol. The van der Waals surface area contributed by atoms with Crippen LogP contribution in [0.4, 0.5) is 0 Å². The number of hydrogen-bond donors (Lipinski definition) is 0. The van der Waals surface area contributed by atoms with Crippen LogP contribution in [0, 0.1) is 0 Å². The third kappa shape index (κ3) is 6.09. The molecule has 1 unspecified atom stereocenters. The van der Waals surface area contributed by atoms with Gasteiger partial charge < -0.3 is 4.90 Å². The van der Waals surface area contributed by atoms with E-state index in [1.54, 1.807) is 0 Å². The molecule has 0 aromatic heterocycles. The summed E-state index contributed by atoms with van der Waals surface area (Å²) in [6, 6.07) is 20.1. The molecule has 1 nitrogen and oxygen atoms in total. The van der Waals surface area contributed by atoms with Crippen molar-refractivity contribution in [2.75, 3.05) is 32.1 Å². The predicted octanol–water partition coefficient (Wildman–Crippen LogP) is 6.14. The lowest BCUT2D eigenvalue weighted by Crippen LogP contribution is -2.23. The normalized spacial score (nSPS) is 13.8. The molecule has 0 saturated carbocycles. The van der Waals surface area contributed by atoms with Gasteiger partial charge in [0.1, 0.15) is 0 Å². The fraction of sp³-hybridized carbons (Fsp3) is 0.455. The highest BCUT2D eigenvalue weighted by Gasteiger charge is 2.29. The summed E-state index contributed by atoms with van der Waals surface area (Å²) in [6.07, 6.45) is 2.55. The average molecular weight is 374 g/mol. The molecule has 0 bridgehead atoms. The van der Waals surface area contributed by atoms with Gasteiger partial charge in [0, 0.05) is 17.2 Å². The molecule has 0 saturated heterocycles. The van der Waals surface area contributed by atoms with E-state index < -0.39 is 0 Å². The van der Waals surface area contributed by atoms with Crippen LogP contribution in [0.25, 0.3) is 0 Å². The summed E-state index contributed by atoms with van der Waals surface area (Å²) < 4.78 is -0.0100. The lowest BCUT2D eigenvalue weighted by Gasteiger charge is -2.31. The van der Waals surface area contributed by atoms with E-state index in [-0.39, 0.29) is 4.75 Å². The highest BCUT2D eigenvalue weighted by atomic mass is 32.2. The second-order valence-electron chi connectivity index (χ2n) is 6.78. The molecule has 0 heterocycles. The van der Waals surface area contributed by atoms with Gasteiger partial charge in [0.25, 0.3) is 0 Å². The first-order chi connectivity index (χ1) is 12.1. The number of thioether (sulfide) groups is 2. The monoisotopic (exact) mass is 373 g/mol. The first kappa shape index (κ1) is 20.4. The average Bonchev–Trinajstić information content (AvgIpc) is 2.63. The van der Waals surface area contributed by atoms with E-state index >= 15 is 0 Å². The smallest absolute Gasteiger partial charge is 0.0629 e. The Bertz CT molecular complexity index is 610. The van der Waals surface area contributed by atoms with Crippen LogP contribution in [-0.2, 0) is 4.75 Å². The molecule has 0 aliphatic rings. The van der Waals surface area contributed by atoms with Crippen molar-refractivity contribution in [2.45, 2.75) is 36.3 Å². The van der Waals surface area contributed by atoms with Crippen molar-refractivity contribution in [2.24, 2.45) is 0 Å². The first-order valence-electron chi connectivity index (χ1n) is 9.14. The van der Waals surface area contributed by atoms with Crippen LogP contribution in [0.15, 0.2) is 59.5 Å². The maximum atomic E-state index is 2.36. The van der Waals surface area contributed by atoms with Gasteiger partial charge in [-0.05, 0) is 56.5 Å². The molecular weight excluding hydrogens is 342 g/mol. The van der Waals surface area contributed by atoms with Gasteiger partial charge in [-0.3, -0.25) is 0 Å². The van der Waals surface area contributed by atoms with Gasteiger partial charge in [0.2, 0.25) is 0 Å². The summed E-state index contributed by atoms with van der Waals surface area (Å²) in [5.74, 6) is 2.33. The minimum Gasteiger partial charge on any atom is -0.309 e. The van der Waals surface area contributed by atoms with E-state index in [9.17, 15) is 0 Å². The first-order valence-corrected chi connectivity index (χ1v) is 11.1. The summed E-state index contributed by atoms with van der Waals surface area (Å²) in [7, 11) is 4.28. The molecule has 2 aromatic rings. The molecular formula is C22H31NS2. The van der Waals surface area contributed by atoms with Crippen LogP contribution in [-0.4, -0.2) is 37.0 Å².